The molecule has 0 aliphatic heterocycles. The van der Waals surface area contributed by atoms with E-state index in [2.05, 4.69) is 20.9 Å². The monoisotopic (exact) mass is 402 g/mol. The molecule has 29 heavy (non-hydrogen) atoms. The number of nitrogens with one attached hydrogen (secondary N) is 3. The quantitative estimate of drug-likeness (QED) is 0.243. The lowest BCUT2D eigenvalue weighted by Gasteiger charge is -2.15. The van der Waals surface area contributed by atoms with E-state index in [0.29, 0.717) is 11.7 Å². The summed E-state index contributed by atoms with van der Waals surface area (Å²) in [5.74, 6) is 0.762. The number of hydrogen-bond acceptors (Lipinski definition) is 3. The fraction of sp³-hybridized carbons (Fsp3) is 0.652. The van der Waals surface area contributed by atoms with Gasteiger partial charge in [0.15, 0.2) is 5.96 Å². The Hall–Kier alpha value is -2.08. The highest BCUT2D eigenvalue weighted by atomic mass is 16.5. The number of nitrogens with zero attached hydrogens (tertiary/aromatic N) is 1. The van der Waals surface area contributed by atoms with Crippen molar-refractivity contribution >= 4 is 11.9 Å². The molecule has 0 bridgehead atoms. The van der Waals surface area contributed by atoms with E-state index in [1.807, 2.05) is 24.3 Å². The number of carbonyl (C=O) groups excluding carboxylic acids is 1. The van der Waals surface area contributed by atoms with Crippen LogP contribution in [0.15, 0.2) is 29.3 Å². The number of rotatable bonds is 10. The summed E-state index contributed by atoms with van der Waals surface area (Å²) in [4.78, 5) is 16.0. The van der Waals surface area contributed by atoms with E-state index in [1.165, 1.54) is 38.5 Å². The third-order valence-corrected chi connectivity index (χ3v) is 5.37. The van der Waals surface area contributed by atoms with Crippen LogP contribution >= 0.6 is 0 Å². The van der Waals surface area contributed by atoms with Gasteiger partial charge in [-0.2, -0.15) is 0 Å². The van der Waals surface area contributed by atoms with Crippen molar-refractivity contribution < 1.29 is 9.53 Å². The summed E-state index contributed by atoms with van der Waals surface area (Å²) in [6, 6.07) is 7.73. The Morgan fingerprint density at radius 2 is 1.86 bits per heavy atom. The molecule has 0 unspecified atom stereocenters. The second-order valence-corrected chi connectivity index (χ2v) is 7.65. The van der Waals surface area contributed by atoms with Crippen LogP contribution < -0.4 is 16.0 Å². The molecule has 0 radical (unpaired) electrons. The number of hydrogen-bond donors (Lipinski definition) is 3. The van der Waals surface area contributed by atoms with Gasteiger partial charge < -0.3 is 20.7 Å². The molecule has 2 rings (SSSR count). The van der Waals surface area contributed by atoms with Crippen LogP contribution in [0.2, 0.25) is 0 Å². The lowest BCUT2D eigenvalue weighted by Crippen LogP contribution is -2.38. The zero-order chi connectivity index (χ0) is 20.7. The average molecular weight is 403 g/mol. The van der Waals surface area contributed by atoms with E-state index in [-0.39, 0.29) is 5.91 Å². The van der Waals surface area contributed by atoms with Crippen molar-refractivity contribution in [1.82, 2.24) is 16.0 Å². The number of guanidine groups is 1. The van der Waals surface area contributed by atoms with Crippen LogP contribution in [-0.4, -0.2) is 51.8 Å². The van der Waals surface area contributed by atoms with E-state index in [1.54, 1.807) is 14.1 Å². The van der Waals surface area contributed by atoms with Gasteiger partial charge in [-0.05, 0) is 49.8 Å². The van der Waals surface area contributed by atoms with Crippen molar-refractivity contribution in [2.75, 3.05) is 33.8 Å². The summed E-state index contributed by atoms with van der Waals surface area (Å²) < 4.78 is 6.04. The van der Waals surface area contributed by atoms with Gasteiger partial charge in [0.2, 0.25) is 0 Å². The molecule has 1 aliphatic carbocycles. The lowest BCUT2D eigenvalue weighted by molar-refractivity contribution is 0.0411. The molecule has 1 aromatic rings. The maximum atomic E-state index is 11.7. The SMILES string of the molecule is CN=C(NCCCCOC1CCCCCC1)NCCc1cccc(C(=O)NC)c1. The fourth-order valence-electron chi connectivity index (χ4n) is 3.65. The smallest absolute Gasteiger partial charge is 0.251 e. The molecule has 6 heteroatoms. The molecular formula is C23H38N4O2. The van der Waals surface area contributed by atoms with Gasteiger partial charge >= 0.3 is 0 Å². The Balaban J connectivity index is 1.56. The van der Waals surface area contributed by atoms with Crippen LogP contribution in [0.1, 0.15) is 67.3 Å². The third-order valence-electron chi connectivity index (χ3n) is 5.37. The molecule has 0 saturated heterocycles. The van der Waals surface area contributed by atoms with Gasteiger partial charge in [-0.1, -0.05) is 37.8 Å². The van der Waals surface area contributed by atoms with E-state index in [4.69, 9.17) is 4.74 Å². The number of amides is 1. The molecule has 1 aliphatic rings. The second-order valence-electron chi connectivity index (χ2n) is 7.65. The molecule has 1 amide bonds. The first-order chi connectivity index (χ1) is 14.2. The Kier molecular flexibility index (Phi) is 11.2. The normalized spacial score (nSPS) is 15.6. The van der Waals surface area contributed by atoms with Crippen molar-refractivity contribution in [1.29, 1.82) is 0 Å². The number of aliphatic imine (C=N–C) groups is 1. The maximum Gasteiger partial charge on any atom is 0.251 e. The molecule has 162 valence electrons. The Morgan fingerprint density at radius 3 is 2.59 bits per heavy atom. The number of unbranched alkanes of at least 4 members (excludes halogenated alkanes) is 1. The standard InChI is InChI=1S/C23H38N4O2/c1-24-22(28)20-11-9-10-19(18-20)14-16-27-23(25-2)26-15-7-8-17-29-21-12-5-3-4-6-13-21/h9-11,18,21H,3-8,12-17H2,1-2H3,(H,24,28)(H2,25,26,27). The first-order valence-electron chi connectivity index (χ1n) is 11.1. The fourth-order valence-corrected chi connectivity index (χ4v) is 3.65. The van der Waals surface area contributed by atoms with Crippen molar-refractivity contribution in [2.45, 2.75) is 63.9 Å². The Bertz CT molecular complexity index is 625. The molecule has 0 spiro atoms. The summed E-state index contributed by atoms with van der Waals surface area (Å²) in [5.41, 5.74) is 1.82. The van der Waals surface area contributed by atoms with Crippen LogP contribution in [0, 0.1) is 0 Å². The van der Waals surface area contributed by atoms with Crippen LogP contribution in [0.4, 0.5) is 0 Å². The second kappa shape index (κ2) is 14.0. The van der Waals surface area contributed by atoms with Crippen LogP contribution in [-0.2, 0) is 11.2 Å². The highest BCUT2D eigenvalue weighted by Gasteiger charge is 2.11. The molecule has 0 heterocycles. The van der Waals surface area contributed by atoms with Crippen molar-refractivity contribution in [3.8, 4) is 0 Å². The van der Waals surface area contributed by atoms with E-state index in [0.717, 1.165) is 50.5 Å². The summed E-state index contributed by atoms with van der Waals surface area (Å²) in [6.07, 6.45) is 11.3. The molecule has 0 aromatic heterocycles. The summed E-state index contributed by atoms with van der Waals surface area (Å²) in [5, 5.41) is 9.36. The van der Waals surface area contributed by atoms with Gasteiger partial charge in [-0.25, -0.2) is 0 Å². The maximum absolute atomic E-state index is 11.7. The molecule has 1 fully saturated rings. The number of carbonyl (C=O) groups is 1. The summed E-state index contributed by atoms with van der Waals surface area (Å²) in [7, 11) is 3.44. The van der Waals surface area contributed by atoms with Crippen molar-refractivity contribution in [2.24, 2.45) is 4.99 Å². The Morgan fingerprint density at radius 1 is 1.10 bits per heavy atom. The highest BCUT2D eigenvalue weighted by molar-refractivity contribution is 5.94. The van der Waals surface area contributed by atoms with E-state index in [9.17, 15) is 4.79 Å². The number of ether oxygens (including phenoxy) is 1. The average Bonchev–Trinajstić information content (AvgIpc) is 3.03. The zero-order valence-electron chi connectivity index (χ0n) is 18.1. The highest BCUT2D eigenvalue weighted by Crippen LogP contribution is 2.19. The predicted octanol–water partition coefficient (Wildman–Crippen LogP) is 3.27. The lowest BCUT2D eigenvalue weighted by atomic mass is 10.1. The molecule has 1 aromatic carbocycles. The Labute approximate surface area is 175 Å². The first-order valence-corrected chi connectivity index (χ1v) is 11.1. The molecule has 3 N–H and O–H groups in total. The minimum absolute atomic E-state index is 0.0553. The van der Waals surface area contributed by atoms with Gasteiger partial charge in [0.05, 0.1) is 6.10 Å². The van der Waals surface area contributed by atoms with Gasteiger partial charge in [0, 0.05) is 39.4 Å². The number of benzene rings is 1. The van der Waals surface area contributed by atoms with E-state index < -0.39 is 0 Å². The minimum Gasteiger partial charge on any atom is -0.378 e. The van der Waals surface area contributed by atoms with E-state index >= 15 is 0 Å². The minimum atomic E-state index is -0.0553. The van der Waals surface area contributed by atoms with Gasteiger partial charge in [-0.3, -0.25) is 9.79 Å². The van der Waals surface area contributed by atoms with Gasteiger partial charge in [0.25, 0.3) is 5.91 Å². The largest absolute Gasteiger partial charge is 0.378 e. The van der Waals surface area contributed by atoms with Gasteiger partial charge in [0.1, 0.15) is 0 Å². The topological polar surface area (TPSA) is 74.8 Å². The zero-order valence-corrected chi connectivity index (χ0v) is 18.1. The molecule has 6 nitrogen and oxygen atoms in total. The van der Waals surface area contributed by atoms with Crippen molar-refractivity contribution in [3.05, 3.63) is 35.4 Å². The molecular weight excluding hydrogens is 364 g/mol. The predicted molar refractivity (Wildman–Crippen MR) is 120 cm³/mol. The summed E-state index contributed by atoms with van der Waals surface area (Å²) in [6.45, 7) is 2.52. The van der Waals surface area contributed by atoms with Crippen LogP contribution in [0.5, 0.6) is 0 Å². The third kappa shape index (κ3) is 9.31. The molecule has 1 saturated carbocycles. The van der Waals surface area contributed by atoms with Crippen molar-refractivity contribution in [3.63, 3.8) is 0 Å². The first kappa shape index (κ1) is 23.2. The van der Waals surface area contributed by atoms with Gasteiger partial charge in [-0.15, -0.1) is 0 Å². The van der Waals surface area contributed by atoms with Crippen LogP contribution in [0.3, 0.4) is 0 Å². The molecule has 0 atom stereocenters. The summed E-state index contributed by atoms with van der Waals surface area (Å²) >= 11 is 0. The van der Waals surface area contributed by atoms with Crippen LogP contribution in [0.25, 0.3) is 0 Å².